The molecule has 0 amide bonds. The van der Waals surface area contributed by atoms with Crippen molar-refractivity contribution in [2.24, 2.45) is 0 Å². The van der Waals surface area contributed by atoms with Crippen LogP contribution in [0.2, 0.25) is 0 Å². The average molecular weight is 847 g/mol. The Hall–Kier alpha value is -8.58. The SMILES string of the molecule is c1ccc(C2(c3ccccc3)c3cc(-c4c5ccccc5c(-c5cccc(-c6cccc7ccccc67)c5)c5ccccc45)c4ccccc4c3-c3c2c2ccccc2c2ccccc32)cc1. The minimum absolute atomic E-state index is 0.636. The van der Waals surface area contributed by atoms with Crippen LogP contribution < -0.4 is 0 Å². The summed E-state index contributed by atoms with van der Waals surface area (Å²) >= 11 is 0. The predicted molar refractivity (Wildman–Crippen MR) is 285 cm³/mol. The molecular weight excluding hydrogens is 805 g/mol. The van der Waals surface area contributed by atoms with Gasteiger partial charge < -0.3 is 0 Å². The molecule has 1 aliphatic carbocycles. The molecule has 0 radical (unpaired) electrons. The van der Waals surface area contributed by atoms with Crippen molar-refractivity contribution in [1.82, 2.24) is 0 Å². The van der Waals surface area contributed by atoms with E-state index in [9.17, 15) is 0 Å². The molecule has 0 heteroatoms. The quantitative estimate of drug-likeness (QED) is 0.120. The zero-order chi connectivity index (χ0) is 44.1. The lowest BCUT2D eigenvalue weighted by Crippen LogP contribution is -2.29. The molecule has 14 rings (SSSR count). The van der Waals surface area contributed by atoms with Crippen LogP contribution in [-0.4, -0.2) is 0 Å². The molecule has 67 heavy (non-hydrogen) atoms. The lowest BCUT2D eigenvalue weighted by Gasteiger charge is -2.35. The molecule has 310 valence electrons. The van der Waals surface area contributed by atoms with Crippen LogP contribution in [0.4, 0.5) is 0 Å². The predicted octanol–water partition coefficient (Wildman–Crippen LogP) is 18.0. The van der Waals surface area contributed by atoms with Gasteiger partial charge in [0.25, 0.3) is 0 Å². The zero-order valence-corrected chi connectivity index (χ0v) is 36.7. The maximum Gasteiger partial charge on any atom is 0.0720 e. The molecule has 0 aromatic heterocycles. The molecule has 0 unspecified atom stereocenters. The largest absolute Gasteiger partial charge is 0.0720 e. The number of benzene rings is 13. The normalized spacial score (nSPS) is 12.9. The number of hydrogen-bond acceptors (Lipinski definition) is 0. The van der Waals surface area contributed by atoms with Crippen molar-refractivity contribution < 1.29 is 0 Å². The number of fused-ring (bicyclic) bond motifs is 13. The van der Waals surface area contributed by atoms with Gasteiger partial charge in [0, 0.05) is 0 Å². The van der Waals surface area contributed by atoms with Gasteiger partial charge in [-0.25, -0.2) is 0 Å². The van der Waals surface area contributed by atoms with Gasteiger partial charge in [0.05, 0.1) is 5.41 Å². The zero-order valence-electron chi connectivity index (χ0n) is 36.7. The Labute approximate surface area is 389 Å². The molecule has 0 bridgehead atoms. The highest BCUT2D eigenvalue weighted by molar-refractivity contribution is 6.27. The first-order valence-corrected chi connectivity index (χ1v) is 23.4. The fraction of sp³-hybridized carbons (Fsp3) is 0.0149. The maximum atomic E-state index is 2.61. The van der Waals surface area contributed by atoms with E-state index in [0.717, 1.165) is 0 Å². The minimum Gasteiger partial charge on any atom is -0.0622 e. The summed E-state index contributed by atoms with van der Waals surface area (Å²) in [4.78, 5) is 0. The molecule has 0 heterocycles. The Morgan fingerprint density at radius 2 is 0.642 bits per heavy atom. The summed E-state index contributed by atoms with van der Waals surface area (Å²) < 4.78 is 0. The second-order valence-electron chi connectivity index (χ2n) is 18.2. The molecule has 0 nitrogen and oxygen atoms in total. The van der Waals surface area contributed by atoms with Gasteiger partial charge in [0.1, 0.15) is 0 Å². The molecular formula is C67H42. The summed E-state index contributed by atoms with van der Waals surface area (Å²) in [6.07, 6.45) is 0. The van der Waals surface area contributed by atoms with Gasteiger partial charge in [-0.15, -0.1) is 0 Å². The standard InChI is InChI=1S/C67H42/c1-3-25-46(26-4-1)67(47-27-5-2-6-28-47)61-42-60(52-32-10-12-33-53(52)64(61)65-54-34-13-9-30-50(54)51-31-11-18-39-59(51)66(65)67)63-57-37-16-14-35-55(57)62(56-36-15-17-38-58(56)63)45-24-19-23-44(41-45)49-40-20-22-43-21-7-8-29-48(43)49/h1-42H. The summed E-state index contributed by atoms with van der Waals surface area (Å²) in [6.45, 7) is 0. The molecule has 0 spiro atoms. The van der Waals surface area contributed by atoms with Crippen molar-refractivity contribution in [1.29, 1.82) is 0 Å². The molecule has 13 aromatic carbocycles. The second-order valence-corrected chi connectivity index (χ2v) is 18.2. The van der Waals surface area contributed by atoms with E-state index in [2.05, 4.69) is 255 Å². The van der Waals surface area contributed by atoms with Crippen molar-refractivity contribution >= 4 is 64.6 Å². The van der Waals surface area contributed by atoms with Gasteiger partial charge in [-0.1, -0.05) is 243 Å². The van der Waals surface area contributed by atoms with Crippen molar-refractivity contribution in [3.63, 3.8) is 0 Å². The number of hydrogen-bond donors (Lipinski definition) is 0. The molecule has 0 N–H and O–H groups in total. The molecule has 0 fully saturated rings. The van der Waals surface area contributed by atoms with E-state index in [1.807, 2.05) is 0 Å². The van der Waals surface area contributed by atoms with Gasteiger partial charge in [0.2, 0.25) is 0 Å². The van der Waals surface area contributed by atoms with E-state index in [-0.39, 0.29) is 0 Å². The van der Waals surface area contributed by atoms with E-state index in [4.69, 9.17) is 0 Å². The van der Waals surface area contributed by atoms with Crippen LogP contribution in [0.1, 0.15) is 22.3 Å². The fourth-order valence-electron chi connectivity index (χ4n) is 12.3. The minimum atomic E-state index is -0.636. The molecule has 0 saturated heterocycles. The van der Waals surface area contributed by atoms with E-state index >= 15 is 0 Å². The third-order valence-electron chi connectivity index (χ3n) is 14.9. The van der Waals surface area contributed by atoms with Crippen molar-refractivity contribution in [3.8, 4) is 44.5 Å². The third-order valence-corrected chi connectivity index (χ3v) is 14.9. The molecule has 1 aliphatic rings. The molecule has 0 atom stereocenters. The maximum absolute atomic E-state index is 2.61. The van der Waals surface area contributed by atoms with Crippen LogP contribution in [-0.2, 0) is 5.41 Å². The Morgan fingerprint density at radius 1 is 0.224 bits per heavy atom. The smallest absolute Gasteiger partial charge is 0.0622 e. The molecule has 0 saturated carbocycles. The summed E-state index contributed by atoms with van der Waals surface area (Å²) in [7, 11) is 0. The Morgan fingerprint density at radius 3 is 1.25 bits per heavy atom. The van der Waals surface area contributed by atoms with E-state index in [1.54, 1.807) is 0 Å². The van der Waals surface area contributed by atoms with Gasteiger partial charge in [-0.3, -0.25) is 0 Å². The summed E-state index contributed by atoms with van der Waals surface area (Å²) in [5.41, 5.74) is 14.7. The first-order chi connectivity index (χ1) is 33.3. The fourth-order valence-corrected chi connectivity index (χ4v) is 12.3. The van der Waals surface area contributed by atoms with Gasteiger partial charge >= 0.3 is 0 Å². The van der Waals surface area contributed by atoms with Gasteiger partial charge in [-0.2, -0.15) is 0 Å². The Kier molecular flexibility index (Phi) is 8.30. The Bertz CT molecular complexity index is 4040. The van der Waals surface area contributed by atoms with Crippen molar-refractivity contribution in [3.05, 3.63) is 277 Å². The Balaban J connectivity index is 1.13. The lowest BCUT2D eigenvalue weighted by atomic mass is 9.66. The van der Waals surface area contributed by atoms with Crippen LogP contribution in [0.3, 0.4) is 0 Å². The molecule has 13 aromatic rings. The lowest BCUT2D eigenvalue weighted by molar-refractivity contribution is 0.777. The van der Waals surface area contributed by atoms with Gasteiger partial charge in [0.15, 0.2) is 0 Å². The van der Waals surface area contributed by atoms with Crippen LogP contribution in [0.5, 0.6) is 0 Å². The highest BCUT2D eigenvalue weighted by atomic mass is 14.5. The van der Waals surface area contributed by atoms with Crippen LogP contribution in [0.25, 0.3) is 109 Å². The van der Waals surface area contributed by atoms with E-state index in [0.29, 0.717) is 0 Å². The van der Waals surface area contributed by atoms with E-state index in [1.165, 1.54) is 131 Å². The summed E-state index contributed by atoms with van der Waals surface area (Å²) in [5, 5.41) is 15.1. The first-order valence-electron chi connectivity index (χ1n) is 23.4. The number of rotatable bonds is 5. The average Bonchev–Trinajstić information content (AvgIpc) is 3.73. The highest BCUT2D eigenvalue weighted by Crippen LogP contribution is 2.63. The summed E-state index contributed by atoms with van der Waals surface area (Å²) in [5.74, 6) is 0. The monoisotopic (exact) mass is 846 g/mol. The topological polar surface area (TPSA) is 0 Å². The van der Waals surface area contributed by atoms with Crippen LogP contribution >= 0.6 is 0 Å². The van der Waals surface area contributed by atoms with Crippen molar-refractivity contribution in [2.45, 2.75) is 5.41 Å². The summed E-state index contributed by atoms with van der Waals surface area (Å²) in [6, 6.07) is 95.4. The third kappa shape index (κ3) is 5.36. The van der Waals surface area contributed by atoms with Crippen molar-refractivity contribution in [2.75, 3.05) is 0 Å². The molecule has 0 aliphatic heterocycles. The van der Waals surface area contributed by atoms with Gasteiger partial charge in [-0.05, 0) is 144 Å². The van der Waals surface area contributed by atoms with Crippen LogP contribution in [0, 0.1) is 0 Å². The highest BCUT2D eigenvalue weighted by Gasteiger charge is 2.49. The van der Waals surface area contributed by atoms with E-state index < -0.39 is 5.41 Å². The second kappa shape index (κ2) is 14.7. The van der Waals surface area contributed by atoms with Crippen LogP contribution in [0.15, 0.2) is 255 Å². The first kappa shape index (κ1) is 37.8.